The molecule has 0 atom stereocenters. The number of nitrogens with zero attached hydrogens (tertiary/aromatic N) is 6. The van der Waals surface area contributed by atoms with Gasteiger partial charge in [-0.25, -0.2) is 9.98 Å². The third-order valence-electron chi connectivity index (χ3n) is 9.06. The molecule has 2 aromatic carbocycles. The summed E-state index contributed by atoms with van der Waals surface area (Å²) < 4.78 is 0. The Morgan fingerprint density at radius 1 is 0.638 bits per heavy atom. The fourth-order valence-corrected chi connectivity index (χ4v) is 9.25. The van der Waals surface area contributed by atoms with Crippen LogP contribution in [0.5, 0.6) is 0 Å². The lowest BCUT2D eigenvalue weighted by Crippen LogP contribution is -2.22. The average molecular weight is 645 g/mol. The molecule has 0 spiro atoms. The summed E-state index contributed by atoms with van der Waals surface area (Å²) in [5.74, 6) is -0.668. The average Bonchev–Trinajstić information content (AvgIpc) is 3.88. The highest BCUT2D eigenvalue weighted by molar-refractivity contribution is 7.26. The Hall–Kier alpha value is -6.04. The van der Waals surface area contributed by atoms with Crippen LogP contribution in [0, 0.1) is 45.3 Å². The Morgan fingerprint density at radius 2 is 1.00 bits per heavy atom. The highest BCUT2D eigenvalue weighted by atomic mass is 32.1. The van der Waals surface area contributed by atoms with Crippen LogP contribution in [0.3, 0.4) is 0 Å². The van der Waals surface area contributed by atoms with Gasteiger partial charge in [0.05, 0.1) is 9.75 Å². The molecule has 0 bridgehead atoms. The van der Waals surface area contributed by atoms with Gasteiger partial charge in [-0.2, -0.15) is 21.0 Å². The summed E-state index contributed by atoms with van der Waals surface area (Å²) in [7, 11) is 0. The first-order valence-corrected chi connectivity index (χ1v) is 16.3. The monoisotopic (exact) mass is 644 g/mol. The van der Waals surface area contributed by atoms with Gasteiger partial charge in [0.2, 0.25) is 11.6 Å². The number of hydrogen-bond donors (Lipinski definition) is 0. The molecule has 7 rings (SSSR count). The van der Waals surface area contributed by atoms with Gasteiger partial charge < -0.3 is 0 Å². The molecule has 3 aliphatic carbocycles. The van der Waals surface area contributed by atoms with Crippen LogP contribution in [-0.4, -0.2) is 23.0 Å². The Kier molecular flexibility index (Phi) is 7.00. The number of nitriles is 4. The number of aliphatic imine (C=N–C) groups is 2. The van der Waals surface area contributed by atoms with Crippen LogP contribution < -0.4 is 0 Å². The SMILES string of the molecule is CCC1(CC)c2cc(/N=C3\C(=O)c4ccccc4C3=C(C#N)C#N)sc2-c2sc(/N=C3\C(=O)c4ccccc4C3=C(C#N)C#N)cc21. The summed E-state index contributed by atoms with van der Waals surface area (Å²) in [4.78, 5) is 38.5. The van der Waals surface area contributed by atoms with Crippen molar-refractivity contribution in [2.45, 2.75) is 32.1 Å². The lowest BCUT2D eigenvalue weighted by atomic mass is 9.75. The van der Waals surface area contributed by atoms with Crippen LogP contribution in [0.1, 0.15) is 69.7 Å². The Morgan fingerprint density at radius 3 is 1.34 bits per heavy atom. The molecule has 4 aromatic rings. The summed E-state index contributed by atoms with van der Waals surface area (Å²) >= 11 is 2.85. The second-order valence-electron chi connectivity index (χ2n) is 11.1. The van der Waals surface area contributed by atoms with Gasteiger partial charge in [0.15, 0.2) is 0 Å². The predicted octanol–water partition coefficient (Wildman–Crippen LogP) is 8.44. The van der Waals surface area contributed by atoms with E-state index in [2.05, 4.69) is 13.8 Å². The van der Waals surface area contributed by atoms with Gasteiger partial charge in [0.25, 0.3) is 0 Å². The van der Waals surface area contributed by atoms with E-state index in [9.17, 15) is 30.6 Å². The molecule has 2 heterocycles. The third kappa shape index (κ3) is 4.14. The van der Waals surface area contributed by atoms with E-state index in [0.29, 0.717) is 32.3 Å². The largest absolute Gasteiger partial charge is 0.287 e. The topological polar surface area (TPSA) is 154 Å². The summed E-state index contributed by atoms with van der Waals surface area (Å²) in [6.07, 6.45) is 1.54. The maximum Gasteiger partial charge on any atom is 0.212 e. The minimum atomic E-state index is -0.369. The molecule has 0 aliphatic heterocycles. The van der Waals surface area contributed by atoms with Gasteiger partial charge >= 0.3 is 0 Å². The zero-order valence-electron chi connectivity index (χ0n) is 25.0. The second kappa shape index (κ2) is 11.1. The van der Waals surface area contributed by atoms with E-state index in [4.69, 9.17) is 9.98 Å². The maximum atomic E-state index is 13.5. The quantitative estimate of drug-likeness (QED) is 0.203. The molecule has 0 saturated heterocycles. The minimum Gasteiger partial charge on any atom is -0.287 e. The van der Waals surface area contributed by atoms with E-state index in [0.717, 1.165) is 33.7 Å². The Labute approximate surface area is 277 Å². The predicted molar refractivity (Wildman–Crippen MR) is 181 cm³/mol. The highest BCUT2D eigenvalue weighted by Gasteiger charge is 2.45. The molecule has 3 aliphatic rings. The Bertz CT molecular complexity index is 2220. The van der Waals surface area contributed by atoms with Gasteiger partial charge in [0, 0.05) is 27.7 Å². The number of rotatable bonds is 4. The van der Waals surface area contributed by atoms with Crippen LogP contribution >= 0.6 is 22.7 Å². The van der Waals surface area contributed by atoms with Gasteiger partial charge in [-0.3, -0.25) is 9.59 Å². The molecular formula is C37H20N6O2S2. The minimum absolute atomic E-state index is 0.0748. The highest BCUT2D eigenvalue weighted by Crippen LogP contribution is 2.61. The van der Waals surface area contributed by atoms with E-state index in [1.54, 1.807) is 48.5 Å². The van der Waals surface area contributed by atoms with Gasteiger partial charge in [0.1, 0.15) is 56.8 Å². The van der Waals surface area contributed by atoms with Crippen LogP contribution in [-0.2, 0) is 5.41 Å². The van der Waals surface area contributed by atoms with Crippen LogP contribution in [0.15, 0.2) is 81.8 Å². The van der Waals surface area contributed by atoms with Crippen molar-refractivity contribution in [3.8, 4) is 34.0 Å². The van der Waals surface area contributed by atoms with Crippen molar-refractivity contribution >= 4 is 66.8 Å². The third-order valence-corrected chi connectivity index (χ3v) is 11.3. The van der Waals surface area contributed by atoms with Gasteiger partial charge in [-0.1, -0.05) is 62.4 Å². The zero-order chi connectivity index (χ0) is 33.0. The second-order valence-corrected chi connectivity index (χ2v) is 13.1. The van der Waals surface area contributed by atoms with E-state index in [1.165, 1.54) is 22.7 Å². The molecule has 222 valence electrons. The van der Waals surface area contributed by atoms with Crippen molar-refractivity contribution in [1.82, 2.24) is 0 Å². The fraction of sp³-hybridized carbons (Fsp3) is 0.135. The van der Waals surface area contributed by atoms with E-state index in [1.807, 2.05) is 36.4 Å². The van der Waals surface area contributed by atoms with E-state index < -0.39 is 0 Å². The van der Waals surface area contributed by atoms with Crippen molar-refractivity contribution in [2.75, 3.05) is 0 Å². The molecule has 0 saturated carbocycles. The van der Waals surface area contributed by atoms with Gasteiger partial charge in [-0.15, -0.1) is 22.7 Å². The number of ketones is 2. The fourth-order valence-electron chi connectivity index (χ4n) is 6.82. The summed E-state index contributed by atoms with van der Waals surface area (Å²) in [5.41, 5.74) is 3.96. The number of allylic oxidation sites excluding steroid dienone is 4. The maximum absolute atomic E-state index is 13.5. The number of thiophene rings is 2. The normalized spacial score (nSPS) is 16.6. The summed E-state index contributed by atoms with van der Waals surface area (Å²) in [5, 5.41) is 40.0. The standard InChI is InChI=1S/C37H20N6O2S2/c1-3-37(4-2)25-13-27(42-31-29(19(15-38)16-39)21-9-5-7-11-23(21)33(31)44)46-35(25)36-26(37)14-28(47-36)43-32-30(20(17-40)18-41)22-10-6-8-12-24(22)34(32)45/h5-14H,3-4H2,1-2H3/b42-31-,43-32-. The van der Waals surface area contributed by atoms with Crippen molar-refractivity contribution in [1.29, 1.82) is 21.0 Å². The molecule has 0 N–H and O–H groups in total. The molecule has 0 radical (unpaired) electrons. The molecule has 10 heteroatoms. The van der Waals surface area contributed by atoms with Crippen molar-refractivity contribution < 1.29 is 9.59 Å². The molecule has 0 unspecified atom stereocenters. The Balaban J connectivity index is 1.38. The number of benzene rings is 2. The molecule has 8 nitrogen and oxygen atoms in total. The van der Waals surface area contributed by atoms with Gasteiger partial charge in [-0.05, 0) is 47.2 Å². The smallest absolute Gasteiger partial charge is 0.212 e. The number of carbonyl (C=O) groups excluding carboxylic acids is 2. The van der Waals surface area contributed by atoms with Crippen molar-refractivity contribution in [3.05, 3.63) is 105 Å². The van der Waals surface area contributed by atoms with Crippen molar-refractivity contribution in [2.24, 2.45) is 9.98 Å². The molecule has 0 amide bonds. The number of Topliss-reactive ketones (excluding diaryl/α,β-unsaturated/α-hetero) is 2. The number of carbonyl (C=O) groups is 2. The summed E-state index contributed by atoms with van der Waals surface area (Å²) in [6.45, 7) is 4.23. The van der Waals surface area contributed by atoms with Crippen LogP contribution in [0.2, 0.25) is 0 Å². The van der Waals surface area contributed by atoms with Crippen LogP contribution in [0.25, 0.3) is 20.9 Å². The first-order valence-electron chi connectivity index (χ1n) is 14.7. The lowest BCUT2D eigenvalue weighted by Gasteiger charge is -2.27. The number of fused-ring (bicyclic) bond motifs is 5. The molecule has 2 aromatic heterocycles. The molecular weight excluding hydrogens is 625 g/mol. The number of hydrogen-bond acceptors (Lipinski definition) is 10. The zero-order valence-corrected chi connectivity index (χ0v) is 26.6. The van der Waals surface area contributed by atoms with E-state index >= 15 is 0 Å². The first-order chi connectivity index (χ1) is 22.8. The molecule has 47 heavy (non-hydrogen) atoms. The first kappa shape index (κ1) is 29.7. The molecule has 0 fully saturated rings. The van der Waals surface area contributed by atoms with Crippen LogP contribution in [0.4, 0.5) is 10.0 Å². The van der Waals surface area contributed by atoms with Crippen molar-refractivity contribution in [3.63, 3.8) is 0 Å². The van der Waals surface area contributed by atoms with E-state index in [-0.39, 0.29) is 50.7 Å². The lowest BCUT2D eigenvalue weighted by molar-refractivity contribution is 0.106. The summed E-state index contributed by atoms with van der Waals surface area (Å²) in [6, 6.07) is 25.5.